The lowest BCUT2D eigenvalue weighted by Crippen LogP contribution is -2.42. The summed E-state index contributed by atoms with van der Waals surface area (Å²) in [6.45, 7) is 9.20. The van der Waals surface area contributed by atoms with E-state index < -0.39 is 0 Å². The third-order valence-corrected chi connectivity index (χ3v) is 4.98. The minimum atomic E-state index is -0.318. The summed E-state index contributed by atoms with van der Waals surface area (Å²) in [6.07, 6.45) is 2.00. The Bertz CT molecular complexity index is 468. The van der Waals surface area contributed by atoms with E-state index in [0.29, 0.717) is 17.4 Å². The summed E-state index contributed by atoms with van der Waals surface area (Å²) in [6, 6.07) is 8.70. The largest absolute Gasteiger partial charge is 0.387 e. The second kappa shape index (κ2) is 4.60. The van der Waals surface area contributed by atoms with Gasteiger partial charge in [0.2, 0.25) is 0 Å². The highest BCUT2D eigenvalue weighted by molar-refractivity contribution is 5.35. The smallest absolute Gasteiger partial charge is 0.0948 e. The molecule has 1 heterocycles. The van der Waals surface area contributed by atoms with E-state index in [4.69, 9.17) is 0 Å². The maximum Gasteiger partial charge on any atom is 0.0948 e. The Balaban J connectivity index is 1.86. The number of hydrogen-bond donors (Lipinski definition) is 1. The first-order valence-corrected chi connectivity index (χ1v) is 7.49. The molecule has 1 aromatic carbocycles. The zero-order chi connectivity index (χ0) is 13.6. The zero-order valence-electron chi connectivity index (χ0n) is 12.3. The minimum Gasteiger partial charge on any atom is -0.387 e. The highest BCUT2D eigenvalue weighted by Crippen LogP contribution is 2.42. The van der Waals surface area contributed by atoms with Crippen LogP contribution in [0, 0.1) is 5.41 Å². The Hall–Kier alpha value is -0.860. The van der Waals surface area contributed by atoms with Gasteiger partial charge in [0.25, 0.3) is 0 Å². The lowest BCUT2D eigenvalue weighted by molar-refractivity contribution is 0.0391. The second-order valence-electron chi connectivity index (χ2n) is 7.16. The predicted molar refractivity (Wildman–Crippen MR) is 78.2 cm³/mol. The van der Waals surface area contributed by atoms with Crippen molar-refractivity contribution in [3.63, 3.8) is 0 Å². The molecule has 2 heteroatoms. The lowest BCUT2D eigenvalue weighted by Gasteiger charge is -2.39. The van der Waals surface area contributed by atoms with Crippen molar-refractivity contribution in [2.45, 2.75) is 51.7 Å². The van der Waals surface area contributed by atoms with Crippen molar-refractivity contribution in [2.24, 2.45) is 5.41 Å². The van der Waals surface area contributed by atoms with Crippen molar-refractivity contribution in [3.8, 4) is 0 Å². The Kier molecular flexibility index (Phi) is 3.18. The van der Waals surface area contributed by atoms with Crippen LogP contribution in [-0.2, 0) is 0 Å². The summed E-state index contributed by atoms with van der Waals surface area (Å²) < 4.78 is 0. The summed E-state index contributed by atoms with van der Waals surface area (Å²) in [5.41, 5.74) is 2.89. The van der Waals surface area contributed by atoms with Gasteiger partial charge in [-0.25, -0.2) is 0 Å². The van der Waals surface area contributed by atoms with E-state index in [9.17, 15) is 5.11 Å². The van der Waals surface area contributed by atoms with Crippen molar-refractivity contribution >= 4 is 0 Å². The van der Waals surface area contributed by atoms with Crippen LogP contribution in [0.3, 0.4) is 0 Å². The molecule has 1 aliphatic heterocycles. The third-order valence-electron chi connectivity index (χ3n) is 4.98. The number of aliphatic hydroxyl groups is 1. The van der Waals surface area contributed by atoms with Crippen LogP contribution >= 0.6 is 0 Å². The first-order valence-electron chi connectivity index (χ1n) is 7.49. The van der Waals surface area contributed by atoms with E-state index in [1.807, 2.05) is 6.07 Å². The van der Waals surface area contributed by atoms with Crippen molar-refractivity contribution in [2.75, 3.05) is 13.1 Å². The molecule has 1 aromatic rings. The molecule has 3 atom stereocenters. The molecule has 2 aliphatic rings. The standard InChI is InChI=1S/C17H25NO/c1-12-10-15(18-9-8-17(2,3)11-18)16(19)14-7-5-4-6-13(12)14/h4-7,12,15-16,19H,8-11H2,1-3H3. The molecular formula is C17H25NO. The highest BCUT2D eigenvalue weighted by Gasteiger charge is 2.40. The summed E-state index contributed by atoms with van der Waals surface area (Å²) in [5.74, 6) is 0.549. The van der Waals surface area contributed by atoms with Crippen molar-refractivity contribution in [3.05, 3.63) is 35.4 Å². The molecule has 1 aliphatic carbocycles. The first-order chi connectivity index (χ1) is 8.98. The van der Waals surface area contributed by atoms with Crippen LogP contribution in [0.2, 0.25) is 0 Å². The number of nitrogens with zero attached hydrogens (tertiary/aromatic N) is 1. The number of hydrogen-bond acceptors (Lipinski definition) is 2. The molecule has 0 amide bonds. The molecule has 1 N–H and O–H groups in total. The molecule has 0 spiro atoms. The maximum absolute atomic E-state index is 10.7. The van der Waals surface area contributed by atoms with Gasteiger partial charge in [0.1, 0.15) is 0 Å². The number of fused-ring (bicyclic) bond motifs is 1. The average molecular weight is 259 g/mol. The topological polar surface area (TPSA) is 23.5 Å². The van der Waals surface area contributed by atoms with E-state index >= 15 is 0 Å². The number of rotatable bonds is 1. The van der Waals surface area contributed by atoms with Crippen LogP contribution < -0.4 is 0 Å². The van der Waals surface area contributed by atoms with Gasteiger partial charge in [-0.05, 0) is 41.8 Å². The summed E-state index contributed by atoms with van der Waals surface area (Å²) >= 11 is 0. The molecule has 0 bridgehead atoms. The van der Waals surface area contributed by atoms with Gasteiger partial charge in [0, 0.05) is 12.6 Å². The SMILES string of the molecule is CC1CC(N2CCC(C)(C)C2)C(O)c2ccccc21. The van der Waals surface area contributed by atoms with Gasteiger partial charge < -0.3 is 5.11 Å². The number of aliphatic hydroxyl groups excluding tert-OH is 1. The van der Waals surface area contributed by atoms with Gasteiger partial charge in [-0.1, -0.05) is 45.0 Å². The van der Waals surface area contributed by atoms with Crippen LogP contribution in [0.15, 0.2) is 24.3 Å². The van der Waals surface area contributed by atoms with Crippen LogP contribution in [-0.4, -0.2) is 29.1 Å². The lowest BCUT2D eigenvalue weighted by atomic mass is 9.78. The molecule has 2 nitrogen and oxygen atoms in total. The number of benzene rings is 1. The fourth-order valence-electron chi connectivity index (χ4n) is 3.84. The first kappa shape index (κ1) is 13.1. The van der Waals surface area contributed by atoms with E-state index in [-0.39, 0.29) is 6.10 Å². The van der Waals surface area contributed by atoms with Crippen LogP contribution in [0.1, 0.15) is 56.8 Å². The van der Waals surface area contributed by atoms with E-state index in [2.05, 4.69) is 43.9 Å². The molecule has 0 aromatic heterocycles. The Morgan fingerprint density at radius 3 is 2.53 bits per heavy atom. The summed E-state index contributed by atoms with van der Waals surface area (Å²) in [7, 11) is 0. The van der Waals surface area contributed by atoms with Gasteiger partial charge in [-0.15, -0.1) is 0 Å². The molecule has 19 heavy (non-hydrogen) atoms. The number of likely N-dealkylation sites (tertiary alicyclic amines) is 1. The van der Waals surface area contributed by atoms with Crippen LogP contribution in [0.4, 0.5) is 0 Å². The van der Waals surface area contributed by atoms with Gasteiger partial charge in [0.05, 0.1) is 6.10 Å². The highest BCUT2D eigenvalue weighted by atomic mass is 16.3. The fourth-order valence-corrected chi connectivity index (χ4v) is 3.84. The summed E-state index contributed by atoms with van der Waals surface area (Å²) in [4.78, 5) is 2.51. The monoisotopic (exact) mass is 259 g/mol. The maximum atomic E-state index is 10.7. The van der Waals surface area contributed by atoms with Crippen molar-refractivity contribution in [1.82, 2.24) is 4.90 Å². The molecular weight excluding hydrogens is 234 g/mol. The van der Waals surface area contributed by atoms with Crippen molar-refractivity contribution in [1.29, 1.82) is 0 Å². The van der Waals surface area contributed by atoms with Gasteiger partial charge in [-0.3, -0.25) is 4.90 Å². The molecule has 3 unspecified atom stereocenters. The quantitative estimate of drug-likeness (QED) is 0.836. The summed E-state index contributed by atoms with van der Waals surface area (Å²) in [5, 5.41) is 10.7. The molecule has 1 fully saturated rings. The Morgan fingerprint density at radius 2 is 1.89 bits per heavy atom. The van der Waals surface area contributed by atoms with Gasteiger partial charge >= 0.3 is 0 Å². The van der Waals surface area contributed by atoms with Crippen molar-refractivity contribution < 1.29 is 5.11 Å². The van der Waals surface area contributed by atoms with E-state index in [1.54, 1.807) is 0 Å². The predicted octanol–water partition coefficient (Wildman–Crippen LogP) is 3.33. The molecule has 104 valence electrons. The molecule has 0 saturated carbocycles. The normalized spacial score (nSPS) is 34.2. The zero-order valence-corrected chi connectivity index (χ0v) is 12.3. The fraction of sp³-hybridized carbons (Fsp3) is 0.647. The van der Waals surface area contributed by atoms with Crippen LogP contribution in [0.5, 0.6) is 0 Å². The third kappa shape index (κ3) is 2.32. The Morgan fingerprint density at radius 1 is 1.21 bits per heavy atom. The second-order valence-corrected chi connectivity index (χ2v) is 7.16. The van der Waals surface area contributed by atoms with Crippen LogP contribution in [0.25, 0.3) is 0 Å². The van der Waals surface area contributed by atoms with E-state index in [1.165, 1.54) is 12.0 Å². The molecule has 3 rings (SSSR count). The molecule has 0 radical (unpaired) electrons. The average Bonchev–Trinajstić information content (AvgIpc) is 2.74. The molecule has 1 saturated heterocycles. The van der Waals surface area contributed by atoms with E-state index in [0.717, 1.165) is 25.1 Å². The van der Waals surface area contributed by atoms with Gasteiger partial charge in [-0.2, -0.15) is 0 Å². The van der Waals surface area contributed by atoms with Gasteiger partial charge in [0.15, 0.2) is 0 Å². The minimum absolute atomic E-state index is 0.298. The Labute approximate surface area is 116 Å².